The van der Waals surface area contributed by atoms with Crippen molar-refractivity contribution in [2.24, 2.45) is 17.1 Å². The van der Waals surface area contributed by atoms with Crippen LogP contribution in [0.25, 0.3) is 0 Å². The van der Waals surface area contributed by atoms with Crippen LogP contribution >= 0.6 is 12.4 Å². The van der Waals surface area contributed by atoms with Gasteiger partial charge in [0, 0.05) is 25.2 Å². The zero-order valence-electron chi connectivity index (χ0n) is 15.3. The third kappa shape index (κ3) is 6.01. The van der Waals surface area contributed by atoms with Gasteiger partial charge in [0.15, 0.2) is 0 Å². The number of piperidine rings is 1. The van der Waals surface area contributed by atoms with Gasteiger partial charge in [-0.2, -0.15) is 0 Å². The first-order valence-corrected chi connectivity index (χ1v) is 8.66. The van der Waals surface area contributed by atoms with Crippen molar-refractivity contribution in [2.75, 3.05) is 19.6 Å². The molecule has 2 rings (SSSR count). The summed E-state index contributed by atoms with van der Waals surface area (Å²) in [5, 5.41) is 2.98. The highest BCUT2D eigenvalue weighted by atomic mass is 35.5. The number of carbonyl (C=O) groups is 2. The number of rotatable bonds is 4. The number of halogens is 1. The Labute approximate surface area is 156 Å². The number of amides is 2. The summed E-state index contributed by atoms with van der Waals surface area (Å²) in [5.41, 5.74) is 6.53. The lowest BCUT2D eigenvalue weighted by Gasteiger charge is -2.37. The van der Waals surface area contributed by atoms with Gasteiger partial charge in [-0.25, -0.2) is 0 Å². The minimum atomic E-state index is -0.491. The number of carbonyl (C=O) groups excluding carboxylic acids is 2. The third-order valence-electron chi connectivity index (χ3n) is 4.62. The van der Waals surface area contributed by atoms with Gasteiger partial charge in [0.1, 0.15) is 0 Å². The fraction of sp³-hybridized carbons (Fsp3) is 0.579. The molecule has 0 radical (unpaired) electrons. The highest BCUT2D eigenvalue weighted by Gasteiger charge is 2.33. The predicted octanol–water partition coefficient (Wildman–Crippen LogP) is 2.45. The first kappa shape index (κ1) is 21.5. The smallest absolute Gasteiger partial charge is 0.251 e. The van der Waals surface area contributed by atoms with Crippen molar-refractivity contribution in [1.82, 2.24) is 10.2 Å². The number of likely N-dealkylation sites (tertiary alicyclic amines) is 1. The molecule has 1 aromatic rings. The van der Waals surface area contributed by atoms with Crippen LogP contribution in [0, 0.1) is 11.3 Å². The average molecular weight is 368 g/mol. The van der Waals surface area contributed by atoms with Gasteiger partial charge in [-0.3, -0.25) is 9.59 Å². The van der Waals surface area contributed by atoms with Crippen LogP contribution < -0.4 is 11.1 Å². The van der Waals surface area contributed by atoms with Crippen molar-refractivity contribution in [2.45, 2.75) is 39.7 Å². The summed E-state index contributed by atoms with van der Waals surface area (Å²) in [4.78, 5) is 26.6. The van der Waals surface area contributed by atoms with E-state index in [1.165, 1.54) is 0 Å². The molecule has 0 saturated carbocycles. The number of nitrogens with zero attached hydrogens (tertiary/aromatic N) is 1. The van der Waals surface area contributed by atoms with Crippen LogP contribution in [0.4, 0.5) is 0 Å². The SMILES string of the molecule is CC(C)(C)[C@H](N)C(=O)N1CCCC(CNC(=O)c2ccccc2)C1.Cl. The number of nitrogens with one attached hydrogen (secondary N) is 1. The summed E-state index contributed by atoms with van der Waals surface area (Å²) in [6.07, 6.45) is 1.97. The Kier molecular flexibility index (Phi) is 7.90. The molecular formula is C19H30ClN3O2. The Hall–Kier alpha value is -1.59. The van der Waals surface area contributed by atoms with Crippen LogP contribution in [0.5, 0.6) is 0 Å². The van der Waals surface area contributed by atoms with E-state index < -0.39 is 6.04 Å². The third-order valence-corrected chi connectivity index (χ3v) is 4.62. The molecule has 1 unspecified atom stereocenters. The van der Waals surface area contributed by atoms with Crippen molar-refractivity contribution in [3.63, 3.8) is 0 Å². The molecule has 0 spiro atoms. The quantitative estimate of drug-likeness (QED) is 0.858. The molecule has 1 aliphatic heterocycles. The molecule has 2 amide bonds. The van der Waals surface area contributed by atoms with Gasteiger partial charge in [0.05, 0.1) is 6.04 Å². The zero-order valence-corrected chi connectivity index (χ0v) is 16.1. The van der Waals surface area contributed by atoms with E-state index in [-0.39, 0.29) is 35.6 Å². The van der Waals surface area contributed by atoms with Gasteiger partial charge in [0.25, 0.3) is 5.91 Å². The molecule has 1 aromatic carbocycles. The molecular weight excluding hydrogens is 338 g/mol. The van der Waals surface area contributed by atoms with Gasteiger partial charge < -0.3 is 16.0 Å². The molecule has 1 aliphatic rings. The van der Waals surface area contributed by atoms with Gasteiger partial charge in [-0.1, -0.05) is 39.0 Å². The van der Waals surface area contributed by atoms with Crippen LogP contribution in [0.15, 0.2) is 30.3 Å². The molecule has 1 heterocycles. The Morgan fingerprint density at radius 1 is 1.28 bits per heavy atom. The largest absolute Gasteiger partial charge is 0.352 e. The van der Waals surface area contributed by atoms with Crippen molar-refractivity contribution in [3.05, 3.63) is 35.9 Å². The summed E-state index contributed by atoms with van der Waals surface area (Å²) in [7, 11) is 0. The monoisotopic (exact) mass is 367 g/mol. The van der Waals surface area contributed by atoms with E-state index in [9.17, 15) is 9.59 Å². The van der Waals surface area contributed by atoms with Crippen molar-refractivity contribution >= 4 is 24.2 Å². The highest BCUT2D eigenvalue weighted by molar-refractivity contribution is 5.94. The summed E-state index contributed by atoms with van der Waals surface area (Å²) < 4.78 is 0. The summed E-state index contributed by atoms with van der Waals surface area (Å²) in [6.45, 7) is 7.96. The van der Waals surface area contributed by atoms with E-state index >= 15 is 0 Å². The van der Waals surface area contributed by atoms with E-state index in [4.69, 9.17) is 5.73 Å². The summed E-state index contributed by atoms with van der Waals surface area (Å²) in [6, 6.07) is 8.70. The van der Waals surface area contributed by atoms with Crippen molar-refractivity contribution < 1.29 is 9.59 Å². The van der Waals surface area contributed by atoms with Gasteiger partial charge in [0.2, 0.25) is 5.91 Å². The zero-order chi connectivity index (χ0) is 17.7. The van der Waals surface area contributed by atoms with E-state index in [0.717, 1.165) is 19.4 Å². The normalized spacial score (nSPS) is 18.9. The van der Waals surface area contributed by atoms with E-state index in [2.05, 4.69) is 5.32 Å². The second kappa shape index (κ2) is 9.20. The van der Waals surface area contributed by atoms with Gasteiger partial charge in [-0.05, 0) is 36.3 Å². The number of hydrogen-bond acceptors (Lipinski definition) is 3. The van der Waals surface area contributed by atoms with E-state index in [1.54, 1.807) is 12.1 Å². The second-order valence-corrected chi connectivity index (χ2v) is 7.71. The number of nitrogens with two attached hydrogens (primary N) is 1. The van der Waals surface area contributed by atoms with Crippen LogP contribution in [-0.2, 0) is 4.79 Å². The molecule has 0 aliphatic carbocycles. The maximum absolute atomic E-state index is 12.6. The van der Waals surface area contributed by atoms with Crippen LogP contribution in [0.1, 0.15) is 44.0 Å². The van der Waals surface area contributed by atoms with Gasteiger partial charge in [-0.15, -0.1) is 12.4 Å². The first-order valence-electron chi connectivity index (χ1n) is 8.66. The lowest BCUT2D eigenvalue weighted by Crippen LogP contribution is -2.53. The topological polar surface area (TPSA) is 75.4 Å². The molecule has 3 N–H and O–H groups in total. The standard InChI is InChI=1S/C19H29N3O2.ClH/c1-19(2,3)16(20)18(24)22-11-7-8-14(13-22)12-21-17(23)15-9-5-4-6-10-15;/h4-6,9-10,14,16H,7-8,11-13,20H2,1-3H3,(H,21,23);1H/t14?,16-;/m1./s1. The molecule has 25 heavy (non-hydrogen) atoms. The lowest BCUT2D eigenvalue weighted by molar-refractivity contribution is -0.136. The molecule has 5 nitrogen and oxygen atoms in total. The minimum Gasteiger partial charge on any atom is -0.352 e. The maximum atomic E-state index is 12.6. The molecule has 6 heteroatoms. The molecule has 1 saturated heterocycles. The first-order chi connectivity index (χ1) is 11.3. The molecule has 140 valence electrons. The van der Waals surface area contributed by atoms with Crippen molar-refractivity contribution in [3.8, 4) is 0 Å². The molecule has 2 atom stereocenters. The highest BCUT2D eigenvalue weighted by Crippen LogP contribution is 2.22. The fourth-order valence-electron chi connectivity index (χ4n) is 2.93. The van der Waals surface area contributed by atoms with Crippen LogP contribution in [-0.4, -0.2) is 42.4 Å². The molecule has 0 bridgehead atoms. The van der Waals surface area contributed by atoms with Crippen molar-refractivity contribution in [1.29, 1.82) is 0 Å². The summed E-state index contributed by atoms with van der Waals surface area (Å²) >= 11 is 0. The number of hydrogen-bond donors (Lipinski definition) is 2. The Bertz CT molecular complexity index is 572. The Morgan fingerprint density at radius 3 is 2.52 bits per heavy atom. The Morgan fingerprint density at radius 2 is 1.92 bits per heavy atom. The minimum absolute atomic E-state index is 0. The average Bonchev–Trinajstić information content (AvgIpc) is 2.58. The Balaban J connectivity index is 0.00000312. The second-order valence-electron chi connectivity index (χ2n) is 7.71. The van der Waals surface area contributed by atoms with E-state index in [0.29, 0.717) is 18.7 Å². The molecule has 0 aromatic heterocycles. The maximum Gasteiger partial charge on any atom is 0.251 e. The molecule has 1 fully saturated rings. The van der Waals surface area contributed by atoms with Gasteiger partial charge >= 0.3 is 0 Å². The number of benzene rings is 1. The van der Waals surface area contributed by atoms with Crippen LogP contribution in [0.2, 0.25) is 0 Å². The van der Waals surface area contributed by atoms with E-state index in [1.807, 2.05) is 43.9 Å². The van der Waals surface area contributed by atoms with Crippen LogP contribution in [0.3, 0.4) is 0 Å². The lowest BCUT2D eigenvalue weighted by atomic mass is 9.86. The predicted molar refractivity (Wildman–Crippen MR) is 103 cm³/mol. The fourth-order valence-corrected chi connectivity index (χ4v) is 2.93. The summed E-state index contributed by atoms with van der Waals surface area (Å²) in [5.74, 6) is 0.231.